The van der Waals surface area contributed by atoms with Gasteiger partial charge in [0.25, 0.3) is 0 Å². The number of carbonyl (C=O) groups excluding carboxylic acids is 1. The number of amides is 2. The predicted octanol–water partition coefficient (Wildman–Crippen LogP) is -0.170. The average molecular weight is 280 g/mol. The first kappa shape index (κ1) is 16.7. The summed E-state index contributed by atoms with van der Waals surface area (Å²) in [5, 5.41) is 13.6. The Hall–Kier alpha value is -1.31. The van der Waals surface area contributed by atoms with E-state index in [9.17, 15) is 18.0 Å². The topological polar surface area (TPSA) is 113 Å². The minimum atomic E-state index is -3.25. The fourth-order valence-corrected chi connectivity index (χ4v) is 1.76. The second-order valence-electron chi connectivity index (χ2n) is 4.56. The molecule has 0 aliphatic carbocycles. The van der Waals surface area contributed by atoms with Crippen LogP contribution in [0.4, 0.5) is 4.79 Å². The first-order chi connectivity index (χ1) is 8.11. The van der Waals surface area contributed by atoms with Gasteiger partial charge in [-0.2, -0.15) is 0 Å². The van der Waals surface area contributed by atoms with Crippen LogP contribution < -0.4 is 10.6 Å². The van der Waals surface area contributed by atoms with Crippen molar-refractivity contribution >= 4 is 21.8 Å². The molecule has 0 aliphatic heterocycles. The monoisotopic (exact) mass is 280 g/mol. The van der Waals surface area contributed by atoms with Crippen LogP contribution in [0, 0.1) is 5.92 Å². The largest absolute Gasteiger partial charge is 0.480 e. The molecular formula is C10H20N2O5S. The summed E-state index contributed by atoms with van der Waals surface area (Å²) in [7, 11) is -3.25. The number of aliphatic carboxylic acids is 1. The Morgan fingerprint density at radius 2 is 1.83 bits per heavy atom. The third kappa shape index (κ3) is 8.80. The fourth-order valence-electron chi connectivity index (χ4n) is 1.10. The van der Waals surface area contributed by atoms with Crippen LogP contribution in [-0.4, -0.2) is 50.1 Å². The zero-order chi connectivity index (χ0) is 14.3. The predicted molar refractivity (Wildman–Crippen MR) is 67.1 cm³/mol. The number of carboxylic acid groups (broad SMARTS) is 1. The van der Waals surface area contributed by atoms with Crippen molar-refractivity contribution in [1.82, 2.24) is 10.6 Å². The van der Waals surface area contributed by atoms with Crippen molar-refractivity contribution in [3.05, 3.63) is 0 Å². The van der Waals surface area contributed by atoms with Gasteiger partial charge in [0, 0.05) is 12.8 Å². The van der Waals surface area contributed by atoms with Gasteiger partial charge in [-0.1, -0.05) is 13.8 Å². The molecule has 1 unspecified atom stereocenters. The lowest BCUT2D eigenvalue weighted by Gasteiger charge is -2.15. The Morgan fingerprint density at radius 1 is 1.28 bits per heavy atom. The van der Waals surface area contributed by atoms with E-state index in [1.807, 2.05) is 13.8 Å². The lowest BCUT2D eigenvalue weighted by atomic mass is 10.2. The van der Waals surface area contributed by atoms with Crippen LogP contribution in [0.25, 0.3) is 0 Å². The molecule has 8 heteroatoms. The van der Waals surface area contributed by atoms with Gasteiger partial charge < -0.3 is 15.7 Å². The van der Waals surface area contributed by atoms with Crippen LogP contribution in [0.1, 0.15) is 20.3 Å². The van der Waals surface area contributed by atoms with E-state index in [4.69, 9.17) is 5.11 Å². The van der Waals surface area contributed by atoms with E-state index in [0.29, 0.717) is 6.54 Å². The third-order valence-electron chi connectivity index (χ3n) is 2.05. The number of carbonyl (C=O) groups is 2. The van der Waals surface area contributed by atoms with Crippen molar-refractivity contribution in [3.8, 4) is 0 Å². The number of hydrogen-bond donors (Lipinski definition) is 3. The Kier molecular flexibility index (Phi) is 6.67. The van der Waals surface area contributed by atoms with E-state index in [2.05, 4.69) is 10.6 Å². The molecule has 0 radical (unpaired) electrons. The zero-order valence-electron chi connectivity index (χ0n) is 10.8. The maximum absolute atomic E-state index is 11.4. The minimum absolute atomic E-state index is 0.150. The van der Waals surface area contributed by atoms with Crippen molar-refractivity contribution in [3.63, 3.8) is 0 Å². The lowest BCUT2D eigenvalue weighted by molar-refractivity contribution is -0.139. The highest BCUT2D eigenvalue weighted by atomic mass is 32.2. The van der Waals surface area contributed by atoms with Crippen molar-refractivity contribution in [2.24, 2.45) is 5.92 Å². The van der Waals surface area contributed by atoms with Crippen molar-refractivity contribution in [2.75, 3.05) is 18.6 Å². The van der Waals surface area contributed by atoms with Crippen LogP contribution in [0.3, 0.4) is 0 Å². The lowest BCUT2D eigenvalue weighted by Crippen LogP contribution is -2.47. The number of nitrogens with one attached hydrogen (secondary N) is 2. The standard InChI is InChI=1S/C10H20N2O5S/c1-7(2)6-11-10(15)12-8(9(13)14)4-5-18(3,16)17/h7-8H,4-6H2,1-3H3,(H,13,14)(H2,11,12,15). The maximum atomic E-state index is 11.4. The molecule has 0 aromatic rings. The molecule has 0 aliphatic rings. The molecule has 18 heavy (non-hydrogen) atoms. The molecular weight excluding hydrogens is 260 g/mol. The highest BCUT2D eigenvalue weighted by molar-refractivity contribution is 7.90. The first-order valence-electron chi connectivity index (χ1n) is 5.56. The van der Waals surface area contributed by atoms with Gasteiger partial charge in [0.2, 0.25) is 0 Å². The van der Waals surface area contributed by atoms with Gasteiger partial charge in [-0.15, -0.1) is 0 Å². The van der Waals surface area contributed by atoms with E-state index < -0.39 is 27.9 Å². The molecule has 1 atom stereocenters. The maximum Gasteiger partial charge on any atom is 0.326 e. The molecule has 3 N–H and O–H groups in total. The van der Waals surface area contributed by atoms with Crippen molar-refractivity contribution < 1.29 is 23.1 Å². The summed E-state index contributed by atoms with van der Waals surface area (Å²) in [5.41, 5.74) is 0. The highest BCUT2D eigenvalue weighted by Gasteiger charge is 2.21. The van der Waals surface area contributed by atoms with Gasteiger partial charge in [-0.25, -0.2) is 18.0 Å². The normalized spacial score (nSPS) is 13.1. The summed E-state index contributed by atoms with van der Waals surface area (Å²) >= 11 is 0. The minimum Gasteiger partial charge on any atom is -0.480 e. The summed E-state index contributed by atoms with van der Waals surface area (Å²) in [6.07, 6.45) is 0.869. The summed E-state index contributed by atoms with van der Waals surface area (Å²) in [6, 6.07) is -1.81. The molecule has 0 saturated heterocycles. The molecule has 7 nitrogen and oxygen atoms in total. The number of carboxylic acids is 1. The summed E-state index contributed by atoms with van der Waals surface area (Å²) in [5.74, 6) is -1.29. The van der Waals surface area contributed by atoms with Gasteiger partial charge >= 0.3 is 12.0 Å². The van der Waals surface area contributed by atoms with Gasteiger partial charge in [-0.3, -0.25) is 0 Å². The van der Waals surface area contributed by atoms with Crippen LogP contribution >= 0.6 is 0 Å². The molecule has 0 bridgehead atoms. The van der Waals surface area contributed by atoms with E-state index in [1.54, 1.807) is 0 Å². The smallest absolute Gasteiger partial charge is 0.326 e. The molecule has 0 aromatic heterocycles. The second kappa shape index (κ2) is 7.20. The van der Waals surface area contributed by atoms with E-state index in [1.165, 1.54) is 0 Å². The summed E-state index contributed by atoms with van der Waals surface area (Å²) < 4.78 is 21.9. The van der Waals surface area contributed by atoms with Gasteiger partial charge in [0.15, 0.2) is 0 Å². The Morgan fingerprint density at radius 3 is 2.22 bits per heavy atom. The van der Waals surface area contributed by atoms with Gasteiger partial charge in [-0.05, 0) is 12.3 Å². The number of sulfone groups is 1. The van der Waals surface area contributed by atoms with E-state index in [0.717, 1.165) is 6.26 Å². The third-order valence-corrected chi connectivity index (χ3v) is 3.03. The van der Waals surface area contributed by atoms with Gasteiger partial charge in [0.1, 0.15) is 15.9 Å². The number of urea groups is 1. The second-order valence-corrected chi connectivity index (χ2v) is 6.82. The quantitative estimate of drug-likeness (QED) is 0.599. The van der Waals surface area contributed by atoms with Crippen molar-refractivity contribution in [2.45, 2.75) is 26.3 Å². The van der Waals surface area contributed by atoms with E-state index >= 15 is 0 Å². The first-order valence-corrected chi connectivity index (χ1v) is 7.62. The van der Waals surface area contributed by atoms with Gasteiger partial charge in [0.05, 0.1) is 5.75 Å². The van der Waals surface area contributed by atoms with E-state index in [-0.39, 0.29) is 18.1 Å². The van der Waals surface area contributed by atoms with Crippen LogP contribution in [0.15, 0.2) is 0 Å². The SMILES string of the molecule is CC(C)CNC(=O)NC(CCS(C)(=O)=O)C(=O)O. The molecule has 0 spiro atoms. The van der Waals surface area contributed by atoms with Crippen LogP contribution in [0.5, 0.6) is 0 Å². The fraction of sp³-hybridized carbons (Fsp3) is 0.800. The van der Waals surface area contributed by atoms with Crippen LogP contribution in [-0.2, 0) is 14.6 Å². The average Bonchev–Trinajstić information content (AvgIpc) is 2.19. The van der Waals surface area contributed by atoms with Crippen molar-refractivity contribution in [1.29, 1.82) is 0 Å². The highest BCUT2D eigenvalue weighted by Crippen LogP contribution is 1.97. The molecule has 0 heterocycles. The molecule has 0 saturated carbocycles. The Balaban J connectivity index is 4.28. The molecule has 0 aromatic carbocycles. The summed E-state index contributed by atoms with van der Waals surface area (Å²) in [6.45, 7) is 4.22. The van der Waals surface area contributed by atoms with Crippen LogP contribution in [0.2, 0.25) is 0 Å². The molecule has 106 valence electrons. The number of hydrogen-bond acceptors (Lipinski definition) is 4. The number of rotatable bonds is 7. The molecule has 0 rings (SSSR count). The summed E-state index contributed by atoms with van der Waals surface area (Å²) in [4.78, 5) is 22.2. The molecule has 2 amide bonds. The molecule has 0 fully saturated rings. The Labute approximate surface area is 107 Å². The Bertz CT molecular complexity index is 391. The zero-order valence-corrected chi connectivity index (χ0v) is 11.6.